The Hall–Kier alpha value is -2.20. The number of amides is 1. The van der Waals surface area contributed by atoms with E-state index in [2.05, 4.69) is 0 Å². The quantitative estimate of drug-likeness (QED) is 0.921. The Bertz CT molecular complexity index is 653. The third-order valence-electron chi connectivity index (χ3n) is 3.67. The van der Waals surface area contributed by atoms with E-state index >= 15 is 0 Å². The van der Waals surface area contributed by atoms with Crippen molar-refractivity contribution in [1.82, 2.24) is 4.90 Å². The first-order valence-corrected chi connectivity index (χ1v) is 7.33. The molecule has 0 aliphatic carbocycles. The van der Waals surface area contributed by atoms with Gasteiger partial charge in [0, 0.05) is 18.7 Å². The SMILES string of the molecule is CCN(CCO)C(=O)c1ccc(-c2ccc(F)cc2C)cc1. The van der Waals surface area contributed by atoms with Gasteiger partial charge in [-0.25, -0.2) is 4.39 Å². The standard InChI is InChI=1S/C18H20FNO2/c1-3-20(10-11-21)18(22)15-6-4-14(5-7-15)17-9-8-16(19)12-13(17)2/h4-9,12,21H,3,10-11H2,1-2H3. The van der Waals surface area contributed by atoms with Crippen LogP contribution in [0.5, 0.6) is 0 Å². The molecule has 0 saturated carbocycles. The topological polar surface area (TPSA) is 40.5 Å². The zero-order valence-electron chi connectivity index (χ0n) is 12.8. The van der Waals surface area contributed by atoms with Gasteiger partial charge in [0.05, 0.1) is 6.61 Å². The van der Waals surface area contributed by atoms with Crippen molar-refractivity contribution in [2.24, 2.45) is 0 Å². The number of benzene rings is 2. The summed E-state index contributed by atoms with van der Waals surface area (Å²) < 4.78 is 13.2. The van der Waals surface area contributed by atoms with Crippen LogP contribution in [0.3, 0.4) is 0 Å². The van der Waals surface area contributed by atoms with Crippen LogP contribution in [0.15, 0.2) is 42.5 Å². The molecule has 0 aliphatic heterocycles. The van der Waals surface area contributed by atoms with E-state index in [4.69, 9.17) is 5.11 Å². The third-order valence-corrected chi connectivity index (χ3v) is 3.67. The van der Waals surface area contributed by atoms with Crippen LogP contribution in [-0.2, 0) is 0 Å². The number of halogens is 1. The summed E-state index contributed by atoms with van der Waals surface area (Å²) in [6.07, 6.45) is 0. The number of aliphatic hydroxyl groups is 1. The fourth-order valence-electron chi connectivity index (χ4n) is 2.45. The fourth-order valence-corrected chi connectivity index (χ4v) is 2.45. The van der Waals surface area contributed by atoms with Gasteiger partial charge in [-0.1, -0.05) is 18.2 Å². The van der Waals surface area contributed by atoms with E-state index in [0.717, 1.165) is 16.7 Å². The summed E-state index contributed by atoms with van der Waals surface area (Å²) >= 11 is 0. The molecule has 2 aromatic rings. The third kappa shape index (κ3) is 3.52. The Balaban J connectivity index is 2.25. The summed E-state index contributed by atoms with van der Waals surface area (Å²) in [6, 6.07) is 11.9. The van der Waals surface area contributed by atoms with Gasteiger partial charge >= 0.3 is 0 Å². The first kappa shape index (κ1) is 16.2. The molecule has 4 heteroatoms. The van der Waals surface area contributed by atoms with Crippen LogP contribution in [0.4, 0.5) is 4.39 Å². The Labute approximate surface area is 130 Å². The van der Waals surface area contributed by atoms with E-state index in [1.54, 1.807) is 23.1 Å². The summed E-state index contributed by atoms with van der Waals surface area (Å²) in [6.45, 7) is 4.57. The van der Waals surface area contributed by atoms with Crippen LogP contribution in [0.25, 0.3) is 11.1 Å². The molecule has 0 spiro atoms. The van der Waals surface area contributed by atoms with Crippen molar-refractivity contribution < 1.29 is 14.3 Å². The number of aliphatic hydroxyl groups excluding tert-OH is 1. The lowest BCUT2D eigenvalue weighted by Crippen LogP contribution is -2.33. The molecule has 0 fully saturated rings. The van der Waals surface area contributed by atoms with E-state index in [0.29, 0.717) is 18.7 Å². The molecule has 0 aromatic heterocycles. The minimum Gasteiger partial charge on any atom is -0.395 e. The second kappa shape index (κ2) is 7.18. The molecule has 0 unspecified atom stereocenters. The van der Waals surface area contributed by atoms with Crippen LogP contribution in [0.1, 0.15) is 22.8 Å². The maximum absolute atomic E-state index is 13.2. The van der Waals surface area contributed by atoms with Gasteiger partial charge < -0.3 is 10.0 Å². The zero-order chi connectivity index (χ0) is 16.1. The van der Waals surface area contributed by atoms with E-state index in [9.17, 15) is 9.18 Å². The smallest absolute Gasteiger partial charge is 0.253 e. The predicted molar refractivity (Wildman–Crippen MR) is 85.2 cm³/mol. The van der Waals surface area contributed by atoms with Crippen LogP contribution in [-0.4, -0.2) is 35.6 Å². The molecular formula is C18H20FNO2. The number of nitrogens with zero attached hydrogens (tertiary/aromatic N) is 1. The normalized spacial score (nSPS) is 10.5. The van der Waals surface area contributed by atoms with Gasteiger partial charge in [0.15, 0.2) is 0 Å². The van der Waals surface area contributed by atoms with Crippen LogP contribution in [0.2, 0.25) is 0 Å². The summed E-state index contributed by atoms with van der Waals surface area (Å²) in [4.78, 5) is 13.9. The minimum atomic E-state index is -0.254. The van der Waals surface area contributed by atoms with Gasteiger partial charge in [-0.15, -0.1) is 0 Å². The van der Waals surface area contributed by atoms with E-state index in [-0.39, 0.29) is 18.3 Å². The maximum atomic E-state index is 13.2. The van der Waals surface area contributed by atoms with Gasteiger partial charge in [-0.3, -0.25) is 4.79 Å². The number of hydrogen-bond donors (Lipinski definition) is 1. The minimum absolute atomic E-state index is 0.0492. The number of hydrogen-bond acceptors (Lipinski definition) is 2. The van der Waals surface area contributed by atoms with E-state index in [1.807, 2.05) is 26.0 Å². The predicted octanol–water partition coefficient (Wildman–Crippen LogP) is 3.26. The van der Waals surface area contributed by atoms with Gasteiger partial charge in [0.25, 0.3) is 5.91 Å². The molecule has 2 aromatic carbocycles. The zero-order valence-corrected chi connectivity index (χ0v) is 12.8. The Morgan fingerprint density at radius 1 is 1.18 bits per heavy atom. The van der Waals surface area contributed by atoms with Gasteiger partial charge in [-0.2, -0.15) is 0 Å². The lowest BCUT2D eigenvalue weighted by atomic mass is 9.99. The Morgan fingerprint density at radius 3 is 2.41 bits per heavy atom. The monoisotopic (exact) mass is 301 g/mol. The number of rotatable bonds is 5. The molecule has 0 atom stereocenters. The van der Waals surface area contributed by atoms with Crippen molar-refractivity contribution >= 4 is 5.91 Å². The molecule has 0 bridgehead atoms. The highest BCUT2D eigenvalue weighted by Gasteiger charge is 2.13. The molecule has 0 saturated heterocycles. The van der Waals surface area contributed by atoms with Crippen molar-refractivity contribution in [2.45, 2.75) is 13.8 Å². The number of carbonyl (C=O) groups is 1. The Kier molecular flexibility index (Phi) is 5.28. The summed E-state index contributed by atoms with van der Waals surface area (Å²) in [7, 11) is 0. The molecule has 0 aliphatic rings. The second-order valence-electron chi connectivity index (χ2n) is 5.15. The van der Waals surface area contributed by atoms with Crippen LogP contribution >= 0.6 is 0 Å². The highest BCUT2D eigenvalue weighted by atomic mass is 19.1. The van der Waals surface area contributed by atoms with Crippen molar-refractivity contribution in [2.75, 3.05) is 19.7 Å². The Morgan fingerprint density at radius 2 is 1.86 bits per heavy atom. The van der Waals surface area contributed by atoms with E-state index in [1.165, 1.54) is 12.1 Å². The molecule has 116 valence electrons. The molecule has 0 radical (unpaired) electrons. The fraction of sp³-hybridized carbons (Fsp3) is 0.278. The van der Waals surface area contributed by atoms with Crippen LogP contribution in [0, 0.1) is 12.7 Å². The largest absolute Gasteiger partial charge is 0.395 e. The number of likely N-dealkylation sites (N-methyl/N-ethyl adjacent to an activating group) is 1. The molecule has 0 heterocycles. The number of aryl methyl sites for hydroxylation is 1. The second-order valence-corrected chi connectivity index (χ2v) is 5.15. The average Bonchev–Trinajstić information content (AvgIpc) is 2.52. The molecule has 22 heavy (non-hydrogen) atoms. The highest BCUT2D eigenvalue weighted by molar-refractivity contribution is 5.94. The van der Waals surface area contributed by atoms with Gasteiger partial charge in [-0.05, 0) is 54.8 Å². The van der Waals surface area contributed by atoms with Gasteiger partial charge in [0.1, 0.15) is 5.82 Å². The lowest BCUT2D eigenvalue weighted by Gasteiger charge is -2.19. The first-order chi connectivity index (χ1) is 10.6. The number of carbonyl (C=O) groups excluding carboxylic acids is 1. The molecular weight excluding hydrogens is 281 g/mol. The molecule has 2 rings (SSSR count). The molecule has 3 nitrogen and oxygen atoms in total. The van der Waals surface area contributed by atoms with E-state index < -0.39 is 0 Å². The lowest BCUT2D eigenvalue weighted by molar-refractivity contribution is 0.0732. The molecule has 1 N–H and O–H groups in total. The highest BCUT2D eigenvalue weighted by Crippen LogP contribution is 2.24. The first-order valence-electron chi connectivity index (χ1n) is 7.33. The summed E-state index contributed by atoms with van der Waals surface area (Å²) in [5.74, 6) is -0.352. The maximum Gasteiger partial charge on any atom is 0.253 e. The van der Waals surface area contributed by atoms with Gasteiger partial charge in [0.2, 0.25) is 0 Å². The summed E-state index contributed by atoms with van der Waals surface area (Å²) in [5, 5.41) is 8.98. The van der Waals surface area contributed by atoms with Crippen molar-refractivity contribution in [3.8, 4) is 11.1 Å². The van der Waals surface area contributed by atoms with Crippen molar-refractivity contribution in [3.05, 3.63) is 59.4 Å². The average molecular weight is 301 g/mol. The van der Waals surface area contributed by atoms with Crippen LogP contribution < -0.4 is 0 Å². The van der Waals surface area contributed by atoms with Crippen molar-refractivity contribution in [1.29, 1.82) is 0 Å². The molecule has 1 amide bonds. The van der Waals surface area contributed by atoms with Crippen molar-refractivity contribution in [3.63, 3.8) is 0 Å². The summed E-state index contributed by atoms with van der Waals surface area (Å²) in [5.41, 5.74) is 3.33.